The van der Waals surface area contributed by atoms with Gasteiger partial charge in [-0.05, 0) is 24.3 Å². The summed E-state index contributed by atoms with van der Waals surface area (Å²) in [5, 5.41) is 4.07. The quantitative estimate of drug-likeness (QED) is 0.831. The van der Waals surface area contributed by atoms with Crippen molar-refractivity contribution in [1.29, 1.82) is 0 Å². The molecule has 0 spiro atoms. The lowest BCUT2D eigenvalue weighted by molar-refractivity contribution is 0.0932. The van der Waals surface area contributed by atoms with E-state index in [9.17, 15) is 4.79 Å². The highest BCUT2D eigenvalue weighted by atomic mass is 35.5. The number of carbonyl (C=O) groups excluding carboxylic acids is 1. The summed E-state index contributed by atoms with van der Waals surface area (Å²) in [6.45, 7) is 3.93. The molecule has 0 unspecified atom stereocenters. The van der Waals surface area contributed by atoms with Gasteiger partial charge in [-0.1, -0.05) is 17.7 Å². The molecule has 1 amide bonds. The fraction of sp³-hybridized carbons (Fsp3) is 0.0833. The second-order valence-corrected chi connectivity index (χ2v) is 3.73. The molecule has 1 N–H and O–H groups in total. The van der Waals surface area contributed by atoms with Crippen molar-refractivity contribution in [3.8, 4) is 0 Å². The summed E-state index contributed by atoms with van der Waals surface area (Å²) >= 11 is 5.84. The number of fused-ring (bicyclic) bond motifs is 1. The van der Waals surface area contributed by atoms with Crippen LogP contribution in [0.15, 0.2) is 41.3 Å². The molecule has 0 saturated carbocycles. The molecule has 82 valence electrons. The summed E-state index contributed by atoms with van der Waals surface area (Å²) in [4.78, 5) is 11.6. The highest BCUT2D eigenvalue weighted by molar-refractivity contribution is 6.31. The average Bonchev–Trinajstić information content (AvgIpc) is 2.68. The molecule has 1 aromatic heterocycles. The molecule has 16 heavy (non-hydrogen) atoms. The van der Waals surface area contributed by atoms with E-state index in [4.69, 9.17) is 16.0 Å². The number of nitrogens with one attached hydrogen (secondary N) is 1. The highest BCUT2D eigenvalue weighted by Gasteiger charge is 2.11. The molecule has 1 aromatic carbocycles. The van der Waals surface area contributed by atoms with E-state index >= 15 is 0 Å². The molecular formula is C12H10ClNO2. The van der Waals surface area contributed by atoms with Crippen LogP contribution in [0.2, 0.25) is 5.02 Å². The van der Waals surface area contributed by atoms with Crippen LogP contribution in [0, 0.1) is 0 Å². The molecule has 0 fully saturated rings. The van der Waals surface area contributed by atoms with Crippen LogP contribution in [0.3, 0.4) is 0 Å². The third-order valence-corrected chi connectivity index (χ3v) is 2.34. The van der Waals surface area contributed by atoms with Crippen LogP contribution in [-0.4, -0.2) is 12.5 Å². The lowest BCUT2D eigenvalue weighted by atomic mass is 10.2. The standard InChI is InChI=1S/C12H10ClNO2/c1-2-5-14-12(15)11-7-8-6-9(13)3-4-10(8)16-11/h2-4,6-7H,1,5H2,(H,14,15). The Morgan fingerprint density at radius 2 is 2.31 bits per heavy atom. The van der Waals surface area contributed by atoms with Gasteiger partial charge in [-0.2, -0.15) is 0 Å². The molecule has 0 atom stereocenters. The highest BCUT2D eigenvalue weighted by Crippen LogP contribution is 2.22. The van der Waals surface area contributed by atoms with E-state index in [1.807, 2.05) is 0 Å². The van der Waals surface area contributed by atoms with Crippen LogP contribution >= 0.6 is 11.6 Å². The van der Waals surface area contributed by atoms with Gasteiger partial charge >= 0.3 is 0 Å². The number of hydrogen-bond acceptors (Lipinski definition) is 2. The van der Waals surface area contributed by atoms with Crippen LogP contribution < -0.4 is 5.32 Å². The number of carbonyl (C=O) groups is 1. The maximum atomic E-state index is 11.6. The average molecular weight is 236 g/mol. The third kappa shape index (κ3) is 2.09. The Morgan fingerprint density at radius 1 is 1.50 bits per heavy atom. The smallest absolute Gasteiger partial charge is 0.287 e. The lowest BCUT2D eigenvalue weighted by Gasteiger charge is -1.96. The van der Waals surface area contributed by atoms with Crippen molar-refractivity contribution in [3.63, 3.8) is 0 Å². The zero-order valence-corrected chi connectivity index (χ0v) is 9.25. The van der Waals surface area contributed by atoms with Gasteiger partial charge in [0.1, 0.15) is 5.58 Å². The van der Waals surface area contributed by atoms with Gasteiger partial charge in [0.25, 0.3) is 5.91 Å². The normalized spacial score (nSPS) is 10.3. The van der Waals surface area contributed by atoms with Gasteiger partial charge in [0.2, 0.25) is 0 Å². The van der Waals surface area contributed by atoms with Gasteiger partial charge in [-0.3, -0.25) is 4.79 Å². The zero-order valence-electron chi connectivity index (χ0n) is 8.50. The molecule has 0 radical (unpaired) electrons. The second kappa shape index (κ2) is 4.41. The topological polar surface area (TPSA) is 42.2 Å². The number of halogens is 1. The molecule has 2 aromatic rings. The molecule has 3 nitrogen and oxygen atoms in total. The number of amides is 1. The van der Waals surface area contributed by atoms with Crippen LogP contribution in [0.25, 0.3) is 11.0 Å². The first kappa shape index (κ1) is 10.8. The van der Waals surface area contributed by atoms with Gasteiger partial charge in [0.05, 0.1) is 0 Å². The van der Waals surface area contributed by atoms with Crippen molar-refractivity contribution in [3.05, 3.63) is 47.7 Å². The molecule has 0 aliphatic heterocycles. The Labute approximate surface area is 97.7 Å². The summed E-state index contributed by atoms with van der Waals surface area (Å²) in [5.41, 5.74) is 0.646. The van der Waals surface area contributed by atoms with Crippen LogP contribution in [0.4, 0.5) is 0 Å². The second-order valence-electron chi connectivity index (χ2n) is 3.29. The van der Waals surface area contributed by atoms with E-state index in [1.165, 1.54) is 0 Å². The van der Waals surface area contributed by atoms with Crippen molar-refractivity contribution in [1.82, 2.24) is 5.32 Å². The number of benzene rings is 1. The van der Waals surface area contributed by atoms with Crippen molar-refractivity contribution in [2.24, 2.45) is 0 Å². The predicted octanol–water partition coefficient (Wildman–Crippen LogP) is 3.00. The number of furan rings is 1. The van der Waals surface area contributed by atoms with E-state index in [0.29, 0.717) is 17.2 Å². The summed E-state index contributed by atoms with van der Waals surface area (Å²) in [6, 6.07) is 6.88. The van der Waals surface area contributed by atoms with Crippen molar-refractivity contribution in [2.75, 3.05) is 6.54 Å². The van der Waals surface area contributed by atoms with E-state index in [2.05, 4.69) is 11.9 Å². The van der Waals surface area contributed by atoms with Crippen LogP contribution in [0.5, 0.6) is 0 Å². The van der Waals surface area contributed by atoms with Crippen molar-refractivity contribution < 1.29 is 9.21 Å². The first-order chi connectivity index (χ1) is 7.70. The maximum Gasteiger partial charge on any atom is 0.287 e. The molecule has 2 rings (SSSR count). The Hall–Kier alpha value is -1.74. The minimum absolute atomic E-state index is 0.257. The molecule has 0 saturated heterocycles. The summed E-state index contributed by atoms with van der Waals surface area (Å²) in [6.07, 6.45) is 1.61. The lowest BCUT2D eigenvalue weighted by Crippen LogP contribution is -2.22. The van der Waals surface area contributed by atoms with Gasteiger partial charge < -0.3 is 9.73 Å². The molecule has 0 bridgehead atoms. The van der Waals surface area contributed by atoms with Gasteiger partial charge in [0.15, 0.2) is 5.76 Å². The molecule has 0 aliphatic carbocycles. The Bertz CT molecular complexity index is 545. The first-order valence-electron chi connectivity index (χ1n) is 4.79. The fourth-order valence-electron chi connectivity index (χ4n) is 1.38. The monoisotopic (exact) mass is 235 g/mol. The Balaban J connectivity index is 2.32. The van der Waals surface area contributed by atoms with E-state index in [-0.39, 0.29) is 11.7 Å². The SMILES string of the molecule is C=CCNC(=O)c1cc2cc(Cl)ccc2o1. The maximum absolute atomic E-state index is 11.6. The third-order valence-electron chi connectivity index (χ3n) is 2.11. The van der Waals surface area contributed by atoms with Gasteiger partial charge in [0, 0.05) is 17.0 Å². The largest absolute Gasteiger partial charge is 0.451 e. The van der Waals surface area contributed by atoms with Crippen LogP contribution in [0.1, 0.15) is 10.6 Å². The molecular weight excluding hydrogens is 226 g/mol. The van der Waals surface area contributed by atoms with E-state index in [0.717, 1.165) is 5.39 Å². The Morgan fingerprint density at radius 3 is 3.06 bits per heavy atom. The minimum atomic E-state index is -0.257. The minimum Gasteiger partial charge on any atom is -0.451 e. The summed E-state index contributed by atoms with van der Waals surface area (Å²) in [5.74, 6) is 0.0198. The van der Waals surface area contributed by atoms with E-state index in [1.54, 1.807) is 30.3 Å². The Kier molecular flexibility index (Phi) is 2.97. The van der Waals surface area contributed by atoms with Gasteiger partial charge in [-0.25, -0.2) is 0 Å². The number of hydrogen-bond donors (Lipinski definition) is 1. The van der Waals surface area contributed by atoms with Gasteiger partial charge in [-0.15, -0.1) is 6.58 Å². The number of rotatable bonds is 3. The zero-order chi connectivity index (χ0) is 11.5. The van der Waals surface area contributed by atoms with E-state index < -0.39 is 0 Å². The molecule has 0 aliphatic rings. The summed E-state index contributed by atoms with van der Waals surface area (Å²) in [7, 11) is 0. The predicted molar refractivity (Wildman–Crippen MR) is 63.8 cm³/mol. The molecule has 1 heterocycles. The molecule has 4 heteroatoms. The van der Waals surface area contributed by atoms with Crippen LogP contribution in [-0.2, 0) is 0 Å². The van der Waals surface area contributed by atoms with Crippen molar-refractivity contribution in [2.45, 2.75) is 0 Å². The summed E-state index contributed by atoms with van der Waals surface area (Å²) < 4.78 is 5.38. The fourth-order valence-corrected chi connectivity index (χ4v) is 1.56. The van der Waals surface area contributed by atoms with Crippen molar-refractivity contribution >= 4 is 28.5 Å². The first-order valence-corrected chi connectivity index (χ1v) is 5.16.